The van der Waals surface area contributed by atoms with E-state index >= 15 is 0 Å². The van der Waals surface area contributed by atoms with E-state index in [2.05, 4.69) is 16.4 Å². The Morgan fingerprint density at radius 2 is 2.08 bits per heavy atom. The first-order valence-electron chi connectivity index (χ1n) is 8.48. The topological polar surface area (TPSA) is 93.3 Å². The molecule has 2 heterocycles. The lowest BCUT2D eigenvalue weighted by molar-refractivity contribution is -0.126. The van der Waals surface area contributed by atoms with Crippen molar-refractivity contribution in [2.75, 3.05) is 13.1 Å². The molecule has 3 amide bonds. The van der Waals surface area contributed by atoms with Gasteiger partial charge in [0.05, 0.1) is 12.2 Å². The normalized spacial score (nSPS) is 17.3. The van der Waals surface area contributed by atoms with E-state index in [4.69, 9.17) is 5.73 Å². The molecule has 0 saturated carbocycles. The lowest BCUT2D eigenvalue weighted by atomic mass is 9.97. The van der Waals surface area contributed by atoms with Crippen molar-refractivity contribution >= 4 is 11.9 Å². The molecule has 132 valence electrons. The maximum absolute atomic E-state index is 12.5. The highest BCUT2D eigenvalue weighted by Crippen LogP contribution is 2.17. The van der Waals surface area contributed by atoms with Crippen LogP contribution in [0.2, 0.25) is 0 Å². The van der Waals surface area contributed by atoms with Crippen LogP contribution in [0, 0.1) is 5.92 Å². The van der Waals surface area contributed by atoms with Crippen LogP contribution >= 0.6 is 0 Å². The van der Waals surface area contributed by atoms with Gasteiger partial charge in [-0.2, -0.15) is 0 Å². The number of carbonyl (C=O) groups excluding carboxylic acids is 2. The molecule has 0 bridgehead atoms. The minimum absolute atomic E-state index is 0.0246. The molecular formula is C18H23N5O2. The van der Waals surface area contributed by atoms with Gasteiger partial charge in [0.2, 0.25) is 5.91 Å². The average molecular weight is 341 g/mol. The Bertz CT molecular complexity index is 729. The van der Waals surface area contributed by atoms with E-state index in [9.17, 15) is 9.59 Å². The van der Waals surface area contributed by atoms with E-state index in [1.54, 1.807) is 17.4 Å². The Morgan fingerprint density at radius 3 is 2.80 bits per heavy atom. The quantitative estimate of drug-likeness (QED) is 0.859. The van der Waals surface area contributed by atoms with Crippen LogP contribution in [-0.2, 0) is 17.9 Å². The number of benzene rings is 1. The van der Waals surface area contributed by atoms with Crippen LogP contribution < -0.4 is 11.1 Å². The van der Waals surface area contributed by atoms with Gasteiger partial charge in [-0.15, -0.1) is 0 Å². The van der Waals surface area contributed by atoms with Gasteiger partial charge in [-0.05, 0) is 24.0 Å². The van der Waals surface area contributed by atoms with Gasteiger partial charge >= 0.3 is 6.03 Å². The van der Waals surface area contributed by atoms with Crippen molar-refractivity contribution in [1.82, 2.24) is 19.8 Å². The highest BCUT2D eigenvalue weighted by atomic mass is 16.2. The van der Waals surface area contributed by atoms with Gasteiger partial charge in [-0.25, -0.2) is 9.78 Å². The van der Waals surface area contributed by atoms with Crippen molar-refractivity contribution < 1.29 is 9.59 Å². The first-order chi connectivity index (χ1) is 12.1. The molecule has 2 aromatic rings. The number of nitrogens with two attached hydrogens (primary N) is 1. The molecule has 7 nitrogen and oxygen atoms in total. The Labute approximate surface area is 146 Å². The fourth-order valence-corrected chi connectivity index (χ4v) is 3.18. The van der Waals surface area contributed by atoms with E-state index < -0.39 is 6.03 Å². The van der Waals surface area contributed by atoms with Gasteiger partial charge in [-0.3, -0.25) is 4.79 Å². The lowest BCUT2D eigenvalue weighted by Gasteiger charge is -2.30. The largest absolute Gasteiger partial charge is 0.352 e. The number of likely N-dealkylation sites (tertiary alicyclic amines) is 1. The molecule has 1 aliphatic heterocycles. The zero-order chi connectivity index (χ0) is 17.6. The number of aromatic nitrogens is 2. The highest BCUT2D eigenvalue weighted by molar-refractivity contribution is 5.80. The summed E-state index contributed by atoms with van der Waals surface area (Å²) in [5.41, 5.74) is 7.54. The fraction of sp³-hybridized carbons (Fsp3) is 0.389. The second kappa shape index (κ2) is 7.83. The molecule has 0 unspecified atom stereocenters. The Kier molecular flexibility index (Phi) is 5.33. The number of urea groups is 1. The molecule has 1 aromatic carbocycles. The van der Waals surface area contributed by atoms with Gasteiger partial charge in [0.1, 0.15) is 0 Å². The van der Waals surface area contributed by atoms with E-state index in [-0.39, 0.29) is 11.8 Å². The molecular weight excluding hydrogens is 318 g/mol. The summed E-state index contributed by atoms with van der Waals surface area (Å²) >= 11 is 0. The number of imidazole rings is 1. The van der Waals surface area contributed by atoms with Crippen LogP contribution in [0.3, 0.4) is 0 Å². The number of primary amides is 1. The Morgan fingerprint density at radius 1 is 1.28 bits per heavy atom. The number of hydrogen-bond acceptors (Lipinski definition) is 3. The van der Waals surface area contributed by atoms with Gasteiger partial charge < -0.3 is 20.5 Å². The maximum Gasteiger partial charge on any atom is 0.314 e. The highest BCUT2D eigenvalue weighted by Gasteiger charge is 2.27. The zero-order valence-corrected chi connectivity index (χ0v) is 14.1. The molecule has 1 atom stereocenters. The minimum atomic E-state index is -0.455. The van der Waals surface area contributed by atoms with Crippen LogP contribution in [0.15, 0.2) is 43.0 Å². The number of rotatable bonds is 5. The van der Waals surface area contributed by atoms with Crippen LogP contribution in [0.4, 0.5) is 4.79 Å². The number of nitrogens with zero attached hydrogens (tertiary/aromatic N) is 3. The predicted molar refractivity (Wildman–Crippen MR) is 93.5 cm³/mol. The van der Waals surface area contributed by atoms with Gasteiger partial charge in [0.25, 0.3) is 0 Å². The lowest BCUT2D eigenvalue weighted by Crippen LogP contribution is -2.47. The Balaban J connectivity index is 1.59. The third-order valence-electron chi connectivity index (χ3n) is 4.59. The summed E-state index contributed by atoms with van der Waals surface area (Å²) in [5, 5.41) is 3.01. The average Bonchev–Trinajstić information content (AvgIpc) is 3.14. The fourth-order valence-electron chi connectivity index (χ4n) is 3.18. The molecule has 7 heteroatoms. The molecule has 25 heavy (non-hydrogen) atoms. The van der Waals surface area contributed by atoms with Crippen LogP contribution in [0.1, 0.15) is 24.0 Å². The number of carbonyl (C=O) groups is 2. The van der Waals surface area contributed by atoms with Gasteiger partial charge in [-0.1, -0.05) is 24.3 Å². The molecule has 1 saturated heterocycles. The van der Waals surface area contributed by atoms with Crippen LogP contribution in [0.25, 0.3) is 0 Å². The summed E-state index contributed by atoms with van der Waals surface area (Å²) in [6, 6.07) is 7.57. The SMILES string of the molecule is NC(=O)N1CCC[C@H](C(=O)NCc2ccccc2Cn2ccnc2)C1. The van der Waals surface area contributed by atoms with E-state index in [1.165, 1.54) is 0 Å². The van der Waals surface area contributed by atoms with Crippen LogP contribution in [0.5, 0.6) is 0 Å². The molecule has 3 rings (SSSR count). The van der Waals surface area contributed by atoms with Crippen molar-refractivity contribution in [3.05, 3.63) is 54.1 Å². The molecule has 3 N–H and O–H groups in total. The second-order valence-corrected chi connectivity index (χ2v) is 6.34. The van der Waals surface area contributed by atoms with Crippen molar-refractivity contribution in [2.24, 2.45) is 11.7 Å². The summed E-state index contributed by atoms with van der Waals surface area (Å²) < 4.78 is 1.99. The number of hydrogen-bond donors (Lipinski definition) is 2. The van der Waals surface area contributed by atoms with E-state index in [0.29, 0.717) is 26.2 Å². The van der Waals surface area contributed by atoms with Crippen molar-refractivity contribution in [3.63, 3.8) is 0 Å². The maximum atomic E-state index is 12.5. The Hall–Kier alpha value is -2.83. The molecule has 1 aromatic heterocycles. The van der Waals surface area contributed by atoms with Gasteiger partial charge in [0.15, 0.2) is 0 Å². The first-order valence-corrected chi connectivity index (χ1v) is 8.48. The predicted octanol–water partition coefficient (Wildman–Crippen LogP) is 1.34. The van der Waals surface area contributed by atoms with E-state index in [0.717, 1.165) is 24.0 Å². The first kappa shape index (κ1) is 17.0. The smallest absolute Gasteiger partial charge is 0.314 e. The minimum Gasteiger partial charge on any atom is -0.352 e. The zero-order valence-electron chi connectivity index (χ0n) is 14.1. The third-order valence-corrected chi connectivity index (χ3v) is 4.59. The summed E-state index contributed by atoms with van der Waals surface area (Å²) in [7, 11) is 0. The summed E-state index contributed by atoms with van der Waals surface area (Å²) in [6.07, 6.45) is 7.02. The monoisotopic (exact) mass is 341 g/mol. The van der Waals surface area contributed by atoms with Crippen molar-refractivity contribution in [3.8, 4) is 0 Å². The van der Waals surface area contributed by atoms with E-state index in [1.807, 2.05) is 29.0 Å². The molecule has 0 radical (unpaired) electrons. The summed E-state index contributed by atoms with van der Waals surface area (Å²) in [6.45, 7) is 2.21. The number of piperidine rings is 1. The molecule has 1 fully saturated rings. The summed E-state index contributed by atoms with van der Waals surface area (Å²) in [5.74, 6) is -0.217. The summed E-state index contributed by atoms with van der Waals surface area (Å²) in [4.78, 5) is 29.4. The molecule has 1 aliphatic rings. The van der Waals surface area contributed by atoms with Gasteiger partial charge in [0, 0.05) is 38.6 Å². The van der Waals surface area contributed by atoms with Crippen molar-refractivity contribution in [2.45, 2.75) is 25.9 Å². The number of amides is 3. The van der Waals surface area contributed by atoms with Crippen LogP contribution in [-0.4, -0.2) is 39.5 Å². The second-order valence-electron chi connectivity index (χ2n) is 6.34. The van der Waals surface area contributed by atoms with Crippen molar-refractivity contribution in [1.29, 1.82) is 0 Å². The molecule has 0 spiro atoms. The third kappa shape index (κ3) is 4.37. The number of nitrogens with one attached hydrogen (secondary N) is 1. The standard InChI is InChI=1S/C18H23N5O2/c19-18(25)23-8-3-6-16(12-23)17(24)21-10-14-4-1-2-5-15(14)11-22-9-7-20-13-22/h1-2,4-5,7,9,13,16H,3,6,8,10-12H2,(H2,19,25)(H,21,24)/t16-/m0/s1. The molecule has 0 aliphatic carbocycles.